The third-order valence-corrected chi connectivity index (χ3v) is 4.77. The molecule has 0 aliphatic rings. The Labute approximate surface area is 116 Å². The summed E-state index contributed by atoms with van der Waals surface area (Å²) in [4.78, 5) is 0. The summed E-state index contributed by atoms with van der Waals surface area (Å²) in [5.74, 6) is 0.0564. The fraction of sp³-hybridized carbons (Fsp3) is 0.571. The molecule has 0 aromatic heterocycles. The molecule has 1 rings (SSSR count). The highest BCUT2D eigenvalue weighted by atomic mass is 32.2. The SMILES string of the molecule is CCCN(CCC)S(=O)(=O)Cc1cccc(CN)c1. The van der Waals surface area contributed by atoms with Crippen molar-refractivity contribution in [3.63, 3.8) is 0 Å². The summed E-state index contributed by atoms with van der Waals surface area (Å²) < 4.78 is 26.3. The Morgan fingerprint density at radius 1 is 1.11 bits per heavy atom. The van der Waals surface area contributed by atoms with Gasteiger partial charge in [-0.15, -0.1) is 0 Å². The van der Waals surface area contributed by atoms with Crippen LogP contribution in [0.4, 0.5) is 0 Å². The number of nitrogens with zero attached hydrogens (tertiary/aromatic N) is 1. The van der Waals surface area contributed by atoms with Crippen LogP contribution >= 0.6 is 0 Å². The molecule has 0 aliphatic carbocycles. The summed E-state index contributed by atoms with van der Waals surface area (Å²) in [6.45, 7) is 5.60. The maximum atomic E-state index is 12.4. The second-order valence-corrected chi connectivity index (χ2v) is 6.65. The molecule has 0 atom stereocenters. The van der Waals surface area contributed by atoms with Crippen molar-refractivity contribution in [3.8, 4) is 0 Å². The van der Waals surface area contributed by atoms with Gasteiger partial charge in [-0.3, -0.25) is 0 Å². The fourth-order valence-corrected chi connectivity index (χ4v) is 3.74. The van der Waals surface area contributed by atoms with Gasteiger partial charge in [0.05, 0.1) is 5.75 Å². The first kappa shape index (κ1) is 16.1. The molecule has 0 aliphatic heterocycles. The van der Waals surface area contributed by atoms with Crippen LogP contribution in [-0.4, -0.2) is 25.8 Å². The summed E-state index contributed by atoms with van der Waals surface area (Å²) in [6.07, 6.45) is 1.67. The topological polar surface area (TPSA) is 63.4 Å². The van der Waals surface area contributed by atoms with Crippen LogP contribution in [-0.2, 0) is 22.3 Å². The molecule has 0 bridgehead atoms. The number of nitrogens with two attached hydrogens (primary N) is 1. The van der Waals surface area contributed by atoms with Crippen molar-refractivity contribution in [3.05, 3.63) is 35.4 Å². The molecule has 5 heteroatoms. The second-order valence-electron chi connectivity index (χ2n) is 4.68. The molecule has 1 aromatic carbocycles. The van der Waals surface area contributed by atoms with Gasteiger partial charge in [-0.05, 0) is 24.0 Å². The van der Waals surface area contributed by atoms with Gasteiger partial charge in [-0.1, -0.05) is 38.1 Å². The monoisotopic (exact) mass is 284 g/mol. The summed E-state index contributed by atoms with van der Waals surface area (Å²) in [5, 5.41) is 0. The normalized spacial score (nSPS) is 12.0. The van der Waals surface area contributed by atoms with E-state index in [4.69, 9.17) is 5.73 Å². The van der Waals surface area contributed by atoms with Crippen LogP contribution in [0.5, 0.6) is 0 Å². The summed E-state index contributed by atoms with van der Waals surface area (Å²) >= 11 is 0. The first-order chi connectivity index (χ1) is 9.03. The van der Waals surface area contributed by atoms with E-state index in [1.165, 1.54) is 0 Å². The average molecular weight is 284 g/mol. The van der Waals surface area contributed by atoms with Crippen LogP contribution in [0.1, 0.15) is 37.8 Å². The molecule has 4 nitrogen and oxygen atoms in total. The number of benzene rings is 1. The molecular weight excluding hydrogens is 260 g/mol. The predicted molar refractivity (Wildman–Crippen MR) is 79.1 cm³/mol. The molecule has 0 radical (unpaired) electrons. The Morgan fingerprint density at radius 3 is 2.21 bits per heavy atom. The molecule has 0 saturated carbocycles. The van der Waals surface area contributed by atoms with Crippen LogP contribution in [0.25, 0.3) is 0 Å². The molecule has 0 amide bonds. The lowest BCUT2D eigenvalue weighted by Crippen LogP contribution is -2.33. The molecule has 0 unspecified atom stereocenters. The second kappa shape index (κ2) is 7.62. The molecular formula is C14H24N2O2S. The van der Waals surface area contributed by atoms with Crippen molar-refractivity contribution in [2.75, 3.05) is 13.1 Å². The highest BCUT2D eigenvalue weighted by Gasteiger charge is 2.20. The van der Waals surface area contributed by atoms with Gasteiger partial charge in [0.1, 0.15) is 0 Å². The zero-order chi connectivity index (χ0) is 14.3. The predicted octanol–water partition coefficient (Wildman–Crippen LogP) is 2.10. The van der Waals surface area contributed by atoms with E-state index in [1.807, 2.05) is 38.1 Å². The zero-order valence-electron chi connectivity index (χ0n) is 11.8. The Balaban J connectivity index is 2.87. The average Bonchev–Trinajstić information content (AvgIpc) is 2.38. The van der Waals surface area contributed by atoms with E-state index in [1.54, 1.807) is 4.31 Å². The van der Waals surface area contributed by atoms with Gasteiger partial charge in [0.25, 0.3) is 0 Å². The summed E-state index contributed by atoms with van der Waals surface area (Å²) in [5.41, 5.74) is 7.35. The van der Waals surface area contributed by atoms with Crippen LogP contribution in [0, 0.1) is 0 Å². The van der Waals surface area contributed by atoms with E-state index in [9.17, 15) is 8.42 Å². The third kappa shape index (κ3) is 4.93. The fourth-order valence-electron chi connectivity index (χ4n) is 2.04. The van der Waals surface area contributed by atoms with Crippen LogP contribution in [0.2, 0.25) is 0 Å². The van der Waals surface area contributed by atoms with Crippen molar-refractivity contribution in [2.24, 2.45) is 5.73 Å². The molecule has 0 heterocycles. The molecule has 19 heavy (non-hydrogen) atoms. The van der Waals surface area contributed by atoms with Gasteiger partial charge >= 0.3 is 0 Å². The van der Waals surface area contributed by atoms with E-state index in [0.717, 1.165) is 24.0 Å². The van der Waals surface area contributed by atoms with Crippen LogP contribution < -0.4 is 5.73 Å². The van der Waals surface area contributed by atoms with Crippen molar-refractivity contribution in [2.45, 2.75) is 39.0 Å². The first-order valence-electron chi connectivity index (χ1n) is 6.79. The number of hydrogen-bond acceptors (Lipinski definition) is 3. The molecule has 0 spiro atoms. The lowest BCUT2D eigenvalue weighted by Gasteiger charge is -2.21. The summed E-state index contributed by atoms with van der Waals surface area (Å²) in [6, 6.07) is 7.48. The first-order valence-corrected chi connectivity index (χ1v) is 8.40. The smallest absolute Gasteiger partial charge is 0.218 e. The Morgan fingerprint density at radius 2 is 1.68 bits per heavy atom. The minimum Gasteiger partial charge on any atom is -0.326 e. The Kier molecular flexibility index (Phi) is 6.48. The lowest BCUT2D eigenvalue weighted by molar-refractivity contribution is 0.409. The lowest BCUT2D eigenvalue weighted by atomic mass is 10.1. The van der Waals surface area contributed by atoms with Crippen molar-refractivity contribution in [1.82, 2.24) is 4.31 Å². The Bertz CT molecular complexity index is 480. The standard InChI is InChI=1S/C14H24N2O2S/c1-3-8-16(9-4-2)19(17,18)12-14-7-5-6-13(10-14)11-15/h5-7,10H,3-4,8-9,11-12,15H2,1-2H3. The van der Waals surface area contributed by atoms with Crippen molar-refractivity contribution < 1.29 is 8.42 Å². The van der Waals surface area contributed by atoms with Gasteiger partial charge in [0, 0.05) is 19.6 Å². The largest absolute Gasteiger partial charge is 0.326 e. The third-order valence-electron chi connectivity index (χ3n) is 2.92. The number of rotatable bonds is 8. The number of hydrogen-bond donors (Lipinski definition) is 1. The van der Waals surface area contributed by atoms with Gasteiger partial charge in [-0.25, -0.2) is 12.7 Å². The maximum absolute atomic E-state index is 12.4. The van der Waals surface area contributed by atoms with Gasteiger partial charge in [0.15, 0.2) is 0 Å². The van der Waals surface area contributed by atoms with E-state index in [0.29, 0.717) is 19.6 Å². The van der Waals surface area contributed by atoms with E-state index >= 15 is 0 Å². The van der Waals surface area contributed by atoms with E-state index < -0.39 is 10.0 Å². The highest BCUT2D eigenvalue weighted by molar-refractivity contribution is 7.88. The van der Waals surface area contributed by atoms with Gasteiger partial charge < -0.3 is 5.73 Å². The minimum atomic E-state index is -3.23. The summed E-state index contributed by atoms with van der Waals surface area (Å²) in [7, 11) is -3.23. The van der Waals surface area contributed by atoms with Crippen molar-refractivity contribution >= 4 is 10.0 Å². The van der Waals surface area contributed by atoms with Gasteiger partial charge in [-0.2, -0.15) is 0 Å². The zero-order valence-corrected chi connectivity index (χ0v) is 12.6. The Hall–Kier alpha value is -0.910. The molecule has 2 N–H and O–H groups in total. The highest BCUT2D eigenvalue weighted by Crippen LogP contribution is 2.13. The van der Waals surface area contributed by atoms with Crippen LogP contribution in [0.3, 0.4) is 0 Å². The van der Waals surface area contributed by atoms with Gasteiger partial charge in [0.2, 0.25) is 10.0 Å². The molecule has 1 aromatic rings. The minimum absolute atomic E-state index is 0.0564. The molecule has 0 saturated heterocycles. The number of sulfonamides is 1. The maximum Gasteiger partial charge on any atom is 0.218 e. The van der Waals surface area contributed by atoms with E-state index in [2.05, 4.69) is 0 Å². The van der Waals surface area contributed by atoms with Crippen LogP contribution in [0.15, 0.2) is 24.3 Å². The quantitative estimate of drug-likeness (QED) is 0.795. The van der Waals surface area contributed by atoms with E-state index in [-0.39, 0.29) is 5.75 Å². The molecule has 0 fully saturated rings. The van der Waals surface area contributed by atoms with Crippen molar-refractivity contribution in [1.29, 1.82) is 0 Å². The molecule has 108 valence electrons.